The molecule has 0 spiro atoms. The van der Waals surface area contributed by atoms with Crippen molar-refractivity contribution in [3.63, 3.8) is 0 Å². The first kappa shape index (κ1) is 26.9. The van der Waals surface area contributed by atoms with Gasteiger partial charge in [-0.15, -0.1) is 0 Å². The third kappa shape index (κ3) is 4.58. The lowest BCUT2D eigenvalue weighted by Gasteiger charge is -2.20. The second kappa shape index (κ2) is 9.95. The molecule has 2 amide bonds. The smallest absolute Gasteiger partial charge is 0.419 e. The number of fused-ring (bicyclic) bond motifs is 5. The van der Waals surface area contributed by atoms with Crippen LogP contribution in [0.2, 0.25) is 0 Å². The van der Waals surface area contributed by atoms with Gasteiger partial charge in [-0.3, -0.25) is 14.5 Å². The Morgan fingerprint density at radius 3 is 2.24 bits per heavy atom. The first-order valence-electron chi connectivity index (χ1n) is 13.4. The van der Waals surface area contributed by atoms with Gasteiger partial charge in [-0.05, 0) is 56.7 Å². The summed E-state index contributed by atoms with van der Waals surface area (Å²) in [4.78, 5) is 41.6. The SMILES string of the molecule is CN1C(=O)c2c(Oc3ccccc3O)cc3c(c2C1=O)c1cc(OCc2ccccc2)ccc1n3C(=O)OC(C)(C)C. The summed E-state index contributed by atoms with van der Waals surface area (Å²) in [5.41, 5.74) is 1.07. The quantitative estimate of drug-likeness (QED) is 0.232. The van der Waals surface area contributed by atoms with Crippen LogP contribution in [0, 0.1) is 0 Å². The van der Waals surface area contributed by atoms with Crippen LogP contribution in [0.3, 0.4) is 0 Å². The van der Waals surface area contributed by atoms with Gasteiger partial charge in [0.25, 0.3) is 11.8 Å². The Bertz CT molecular complexity index is 1900. The van der Waals surface area contributed by atoms with Crippen molar-refractivity contribution in [2.75, 3.05) is 7.05 Å². The van der Waals surface area contributed by atoms with Crippen molar-refractivity contribution >= 4 is 39.7 Å². The third-order valence-corrected chi connectivity index (χ3v) is 6.94. The van der Waals surface area contributed by atoms with Crippen molar-refractivity contribution < 1.29 is 33.7 Å². The highest BCUT2D eigenvalue weighted by atomic mass is 16.6. The molecular weight excluding hydrogens is 536 g/mol. The fourth-order valence-electron chi connectivity index (χ4n) is 5.07. The molecule has 1 N–H and O–H groups in total. The zero-order valence-corrected chi connectivity index (χ0v) is 23.5. The third-order valence-electron chi connectivity index (χ3n) is 6.94. The van der Waals surface area contributed by atoms with Gasteiger partial charge >= 0.3 is 6.09 Å². The van der Waals surface area contributed by atoms with Gasteiger partial charge in [0.05, 0.1) is 22.2 Å². The molecule has 5 aromatic rings. The minimum absolute atomic E-state index is 0.0230. The average Bonchev–Trinajstić information content (AvgIpc) is 3.39. The molecule has 0 saturated carbocycles. The molecule has 0 atom stereocenters. The summed E-state index contributed by atoms with van der Waals surface area (Å²) in [5, 5.41) is 11.3. The summed E-state index contributed by atoms with van der Waals surface area (Å²) in [6, 6.07) is 22.7. The highest BCUT2D eigenvalue weighted by Crippen LogP contribution is 2.44. The topological polar surface area (TPSA) is 107 Å². The molecule has 0 fully saturated rings. The molecule has 1 aromatic heterocycles. The van der Waals surface area contributed by atoms with Gasteiger partial charge in [-0.2, -0.15) is 0 Å². The second-order valence-corrected chi connectivity index (χ2v) is 11.0. The molecule has 1 aliphatic rings. The number of benzene rings is 4. The first-order valence-corrected chi connectivity index (χ1v) is 13.4. The second-order valence-electron chi connectivity index (χ2n) is 11.0. The lowest BCUT2D eigenvalue weighted by Crippen LogP contribution is -2.27. The number of para-hydroxylation sites is 2. The van der Waals surface area contributed by atoms with Crippen molar-refractivity contribution in [1.82, 2.24) is 9.47 Å². The number of carbonyl (C=O) groups excluding carboxylic acids is 3. The lowest BCUT2D eigenvalue weighted by molar-refractivity contribution is 0.0550. The number of nitrogens with zero attached hydrogens (tertiary/aromatic N) is 2. The number of rotatable bonds is 5. The summed E-state index contributed by atoms with van der Waals surface area (Å²) < 4.78 is 19.2. The Morgan fingerprint density at radius 2 is 1.52 bits per heavy atom. The van der Waals surface area contributed by atoms with Crippen LogP contribution in [0.1, 0.15) is 47.1 Å². The van der Waals surface area contributed by atoms with Crippen LogP contribution in [-0.4, -0.2) is 45.1 Å². The van der Waals surface area contributed by atoms with E-state index in [1.807, 2.05) is 30.3 Å². The molecule has 0 radical (unpaired) electrons. The molecule has 9 heteroatoms. The van der Waals surface area contributed by atoms with E-state index in [0.29, 0.717) is 34.2 Å². The van der Waals surface area contributed by atoms with Crippen LogP contribution < -0.4 is 9.47 Å². The Hall–Kier alpha value is -5.31. The predicted octanol–water partition coefficient (Wildman–Crippen LogP) is 6.88. The van der Waals surface area contributed by atoms with Crippen molar-refractivity contribution in [2.45, 2.75) is 33.0 Å². The Labute approximate surface area is 241 Å². The Kier molecular flexibility index (Phi) is 6.37. The Morgan fingerprint density at radius 1 is 0.833 bits per heavy atom. The molecule has 0 saturated heterocycles. The summed E-state index contributed by atoms with van der Waals surface area (Å²) in [6.45, 7) is 5.59. The summed E-state index contributed by atoms with van der Waals surface area (Å²) in [5.74, 6) is -0.619. The number of imide groups is 1. The Balaban J connectivity index is 1.61. The van der Waals surface area contributed by atoms with E-state index in [-0.39, 0.29) is 28.4 Å². The van der Waals surface area contributed by atoms with Gasteiger partial charge in [-0.1, -0.05) is 42.5 Å². The van der Waals surface area contributed by atoms with Crippen molar-refractivity contribution in [2.24, 2.45) is 0 Å². The molecule has 6 rings (SSSR count). The highest BCUT2D eigenvalue weighted by Gasteiger charge is 2.40. The van der Waals surface area contributed by atoms with Crippen LogP contribution in [0.15, 0.2) is 78.9 Å². The van der Waals surface area contributed by atoms with Crippen molar-refractivity contribution in [3.8, 4) is 23.0 Å². The van der Waals surface area contributed by atoms with Crippen LogP contribution in [0.4, 0.5) is 4.79 Å². The van der Waals surface area contributed by atoms with Crippen LogP contribution in [0.25, 0.3) is 21.8 Å². The van der Waals surface area contributed by atoms with E-state index in [2.05, 4.69) is 0 Å². The molecular formula is C33H28N2O7. The largest absolute Gasteiger partial charge is 0.504 e. The number of ether oxygens (including phenoxy) is 3. The fraction of sp³-hybridized carbons (Fsp3) is 0.182. The van der Waals surface area contributed by atoms with Gasteiger partial charge in [0.2, 0.25) is 0 Å². The molecule has 42 heavy (non-hydrogen) atoms. The first-order chi connectivity index (χ1) is 20.0. The monoisotopic (exact) mass is 564 g/mol. The number of hydrogen-bond donors (Lipinski definition) is 1. The summed E-state index contributed by atoms with van der Waals surface area (Å²) in [7, 11) is 1.39. The van der Waals surface area contributed by atoms with Gasteiger partial charge < -0.3 is 19.3 Å². The molecule has 0 bridgehead atoms. The van der Waals surface area contributed by atoms with E-state index in [0.717, 1.165) is 10.5 Å². The number of amides is 2. The number of phenolic OH excluding ortho intramolecular Hbond substituents is 1. The number of carbonyl (C=O) groups is 3. The maximum atomic E-state index is 13.6. The number of aromatic nitrogens is 1. The lowest BCUT2D eigenvalue weighted by atomic mass is 10.0. The zero-order valence-electron chi connectivity index (χ0n) is 23.5. The normalized spacial score (nSPS) is 13.1. The van der Waals surface area contributed by atoms with Crippen molar-refractivity contribution in [1.29, 1.82) is 0 Å². The molecule has 1 aliphatic heterocycles. The predicted molar refractivity (Wildman–Crippen MR) is 156 cm³/mol. The molecule has 0 aliphatic carbocycles. The molecule has 9 nitrogen and oxygen atoms in total. The minimum atomic E-state index is -0.809. The van der Waals surface area contributed by atoms with Gasteiger partial charge in [0.15, 0.2) is 11.5 Å². The highest BCUT2D eigenvalue weighted by molar-refractivity contribution is 6.32. The van der Waals surface area contributed by atoms with Crippen LogP contribution in [-0.2, 0) is 11.3 Å². The van der Waals surface area contributed by atoms with E-state index in [1.54, 1.807) is 51.1 Å². The number of hydrogen-bond acceptors (Lipinski definition) is 7. The minimum Gasteiger partial charge on any atom is -0.504 e. The van der Waals surface area contributed by atoms with Gasteiger partial charge in [0.1, 0.15) is 23.7 Å². The number of aromatic hydroxyl groups is 1. The van der Waals surface area contributed by atoms with Crippen LogP contribution in [0.5, 0.6) is 23.0 Å². The van der Waals surface area contributed by atoms with E-state index >= 15 is 0 Å². The molecule has 212 valence electrons. The maximum absolute atomic E-state index is 13.6. The molecule has 2 heterocycles. The van der Waals surface area contributed by atoms with E-state index < -0.39 is 23.5 Å². The molecule has 0 unspecified atom stereocenters. The van der Waals surface area contributed by atoms with Gasteiger partial charge in [-0.25, -0.2) is 9.36 Å². The summed E-state index contributed by atoms with van der Waals surface area (Å²) in [6.07, 6.45) is -0.668. The fourth-order valence-corrected chi connectivity index (χ4v) is 5.07. The maximum Gasteiger partial charge on any atom is 0.419 e. The van der Waals surface area contributed by atoms with E-state index in [4.69, 9.17) is 14.2 Å². The van der Waals surface area contributed by atoms with Crippen LogP contribution >= 0.6 is 0 Å². The summed E-state index contributed by atoms with van der Waals surface area (Å²) >= 11 is 0. The molecule has 4 aromatic carbocycles. The van der Waals surface area contributed by atoms with E-state index in [9.17, 15) is 19.5 Å². The zero-order chi connectivity index (χ0) is 29.8. The van der Waals surface area contributed by atoms with Gasteiger partial charge in [0, 0.05) is 23.9 Å². The number of phenols is 1. The van der Waals surface area contributed by atoms with Crippen molar-refractivity contribution in [3.05, 3.63) is 95.6 Å². The average molecular weight is 565 g/mol. The standard InChI is InChI=1S/C33H28N2O7/c1-33(2,3)42-32(39)35-22-15-14-20(40-18-19-10-6-5-7-11-19)16-21(22)27-23(35)17-26(41-25-13-9-8-12-24(25)36)28-29(27)31(38)34(4)30(28)37/h5-17,36H,18H2,1-4H3. The van der Waals surface area contributed by atoms with E-state index in [1.165, 1.54) is 29.8 Å².